The molecular weight excluding hydrogens is 316 g/mol. The van der Waals surface area contributed by atoms with E-state index in [-0.39, 0.29) is 11.4 Å². The minimum absolute atomic E-state index is 0.0748. The van der Waals surface area contributed by atoms with Crippen molar-refractivity contribution < 1.29 is 4.79 Å². The van der Waals surface area contributed by atoms with Crippen molar-refractivity contribution in [1.29, 1.82) is 0 Å². The summed E-state index contributed by atoms with van der Waals surface area (Å²) in [6, 6.07) is 3.87. The van der Waals surface area contributed by atoms with Gasteiger partial charge in [0.2, 0.25) is 0 Å². The lowest BCUT2D eigenvalue weighted by Gasteiger charge is -2.38. The maximum atomic E-state index is 12.7. The van der Waals surface area contributed by atoms with E-state index in [1.54, 1.807) is 18.6 Å². The van der Waals surface area contributed by atoms with Gasteiger partial charge in [-0.15, -0.1) is 0 Å². The van der Waals surface area contributed by atoms with E-state index in [0.717, 1.165) is 28.8 Å². The van der Waals surface area contributed by atoms with Crippen LogP contribution < -0.4 is 5.32 Å². The Morgan fingerprint density at radius 3 is 2.88 bits per heavy atom. The van der Waals surface area contributed by atoms with Crippen molar-refractivity contribution in [1.82, 2.24) is 30.2 Å². The SMILES string of the molecule is CC1(C)CN(C(=O)c2cnc(-c3c[nH]c4ncccc34)cn2)CCN1. The minimum Gasteiger partial charge on any atom is -0.345 e. The van der Waals surface area contributed by atoms with Gasteiger partial charge in [0.25, 0.3) is 5.91 Å². The van der Waals surface area contributed by atoms with Crippen molar-refractivity contribution in [3.63, 3.8) is 0 Å². The van der Waals surface area contributed by atoms with E-state index < -0.39 is 0 Å². The van der Waals surface area contributed by atoms with Crippen molar-refractivity contribution in [3.05, 3.63) is 42.6 Å². The average molecular weight is 336 g/mol. The number of aromatic nitrogens is 4. The van der Waals surface area contributed by atoms with Gasteiger partial charge in [0.05, 0.1) is 18.1 Å². The molecule has 1 aliphatic rings. The molecule has 7 heteroatoms. The molecule has 7 nitrogen and oxygen atoms in total. The molecule has 0 aliphatic carbocycles. The molecule has 0 aromatic carbocycles. The number of hydrogen-bond donors (Lipinski definition) is 2. The predicted molar refractivity (Wildman–Crippen MR) is 95.1 cm³/mol. The zero-order valence-corrected chi connectivity index (χ0v) is 14.3. The van der Waals surface area contributed by atoms with Gasteiger partial charge in [-0.3, -0.25) is 9.78 Å². The third kappa shape index (κ3) is 2.98. The summed E-state index contributed by atoms with van der Waals surface area (Å²) in [5, 5.41) is 4.39. The Kier molecular flexibility index (Phi) is 3.73. The Hall–Kier alpha value is -2.80. The lowest BCUT2D eigenvalue weighted by atomic mass is 10.0. The van der Waals surface area contributed by atoms with Gasteiger partial charge < -0.3 is 15.2 Å². The highest BCUT2D eigenvalue weighted by Gasteiger charge is 2.29. The van der Waals surface area contributed by atoms with Gasteiger partial charge in [0.1, 0.15) is 11.3 Å². The van der Waals surface area contributed by atoms with Gasteiger partial charge in [-0.1, -0.05) is 0 Å². The van der Waals surface area contributed by atoms with Crippen LogP contribution in [0.15, 0.2) is 36.9 Å². The summed E-state index contributed by atoms with van der Waals surface area (Å²) in [5.74, 6) is -0.0748. The lowest BCUT2D eigenvalue weighted by molar-refractivity contribution is 0.0646. The standard InChI is InChI=1S/C18H20N6O/c1-18(2)11-24(7-6-23-18)17(25)15-10-20-14(9-21-15)13-8-22-16-12(13)4-3-5-19-16/h3-5,8-10,23H,6-7,11H2,1-2H3,(H,19,22). The number of amides is 1. The molecule has 0 bridgehead atoms. The fraction of sp³-hybridized carbons (Fsp3) is 0.333. The number of aromatic amines is 1. The average Bonchev–Trinajstić information content (AvgIpc) is 3.04. The molecule has 1 saturated heterocycles. The van der Waals surface area contributed by atoms with Crippen LogP contribution in [0.1, 0.15) is 24.3 Å². The molecule has 25 heavy (non-hydrogen) atoms. The molecule has 0 radical (unpaired) electrons. The van der Waals surface area contributed by atoms with Crippen LogP contribution in [0.5, 0.6) is 0 Å². The Morgan fingerprint density at radius 1 is 1.24 bits per heavy atom. The van der Waals surface area contributed by atoms with E-state index in [1.807, 2.05) is 23.2 Å². The van der Waals surface area contributed by atoms with E-state index >= 15 is 0 Å². The molecule has 1 aliphatic heterocycles. The maximum absolute atomic E-state index is 12.7. The summed E-state index contributed by atoms with van der Waals surface area (Å²) >= 11 is 0. The molecule has 0 atom stereocenters. The van der Waals surface area contributed by atoms with Gasteiger partial charge in [-0.2, -0.15) is 0 Å². The van der Waals surface area contributed by atoms with Gasteiger partial charge in [-0.05, 0) is 26.0 Å². The van der Waals surface area contributed by atoms with E-state index in [4.69, 9.17) is 0 Å². The van der Waals surface area contributed by atoms with Crippen LogP contribution in [0.2, 0.25) is 0 Å². The number of fused-ring (bicyclic) bond motifs is 1. The van der Waals surface area contributed by atoms with Gasteiger partial charge in [-0.25, -0.2) is 9.97 Å². The highest BCUT2D eigenvalue weighted by molar-refractivity contribution is 5.94. The van der Waals surface area contributed by atoms with Crippen LogP contribution in [0.4, 0.5) is 0 Å². The van der Waals surface area contributed by atoms with E-state index in [1.165, 1.54) is 0 Å². The van der Waals surface area contributed by atoms with Crippen molar-refractivity contribution in [2.75, 3.05) is 19.6 Å². The second-order valence-electron chi connectivity index (χ2n) is 6.93. The molecule has 1 amide bonds. The molecule has 4 rings (SSSR count). The Morgan fingerprint density at radius 2 is 2.12 bits per heavy atom. The van der Waals surface area contributed by atoms with Crippen molar-refractivity contribution in [2.45, 2.75) is 19.4 Å². The first-order chi connectivity index (χ1) is 12.0. The van der Waals surface area contributed by atoms with Crippen LogP contribution in [0.3, 0.4) is 0 Å². The fourth-order valence-corrected chi connectivity index (χ4v) is 3.22. The zero-order valence-electron chi connectivity index (χ0n) is 14.3. The first-order valence-electron chi connectivity index (χ1n) is 8.32. The number of hydrogen-bond acceptors (Lipinski definition) is 5. The van der Waals surface area contributed by atoms with Crippen molar-refractivity contribution in [2.24, 2.45) is 0 Å². The van der Waals surface area contributed by atoms with E-state index in [9.17, 15) is 4.79 Å². The minimum atomic E-state index is -0.0850. The number of nitrogens with one attached hydrogen (secondary N) is 2. The summed E-state index contributed by atoms with van der Waals surface area (Å²) in [6.45, 7) is 6.30. The van der Waals surface area contributed by atoms with Gasteiger partial charge in [0.15, 0.2) is 0 Å². The Bertz CT molecular complexity index is 915. The predicted octanol–water partition coefficient (Wildman–Crippen LogP) is 1.84. The molecule has 0 unspecified atom stereocenters. The van der Waals surface area contributed by atoms with Gasteiger partial charge in [0, 0.05) is 48.5 Å². The zero-order chi connectivity index (χ0) is 17.4. The molecule has 0 saturated carbocycles. The normalized spacial score (nSPS) is 17.0. The highest BCUT2D eigenvalue weighted by atomic mass is 16.2. The number of pyridine rings is 1. The topological polar surface area (TPSA) is 86.8 Å². The molecule has 128 valence electrons. The lowest BCUT2D eigenvalue weighted by Crippen LogP contribution is -2.58. The number of H-pyrrole nitrogens is 1. The third-order valence-corrected chi connectivity index (χ3v) is 4.46. The van der Waals surface area contributed by atoms with Crippen LogP contribution >= 0.6 is 0 Å². The largest absolute Gasteiger partial charge is 0.345 e. The smallest absolute Gasteiger partial charge is 0.274 e. The van der Waals surface area contributed by atoms with E-state index in [2.05, 4.69) is 39.1 Å². The molecule has 0 spiro atoms. The maximum Gasteiger partial charge on any atom is 0.274 e. The summed E-state index contributed by atoms with van der Waals surface area (Å²) < 4.78 is 0. The number of rotatable bonds is 2. The summed E-state index contributed by atoms with van der Waals surface area (Å²) in [5.41, 5.74) is 2.74. The van der Waals surface area contributed by atoms with Crippen molar-refractivity contribution >= 4 is 16.9 Å². The number of nitrogens with zero attached hydrogens (tertiary/aromatic N) is 4. The molecular formula is C18H20N6O. The number of carbonyl (C=O) groups is 1. The molecule has 4 heterocycles. The molecule has 1 fully saturated rings. The van der Waals surface area contributed by atoms with E-state index in [0.29, 0.717) is 18.8 Å². The molecule has 3 aromatic heterocycles. The quantitative estimate of drug-likeness (QED) is 0.746. The van der Waals surface area contributed by atoms with Crippen LogP contribution in [-0.4, -0.2) is 55.9 Å². The first kappa shape index (κ1) is 15.7. The third-order valence-electron chi connectivity index (χ3n) is 4.46. The molecule has 2 N–H and O–H groups in total. The fourth-order valence-electron chi connectivity index (χ4n) is 3.22. The Balaban J connectivity index is 1.59. The molecule has 3 aromatic rings. The van der Waals surface area contributed by atoms with Crippen LogP contribution in [-0.2, 0) is 0 Å². The monoisotopic (exact) mass is 336 g/mol. The second-order valence-corrected chi connectivity index (χ2v) is 6.93. The second kappa shape index (κ2) is 5.93. The van der Waals surface area contributed by atoms with Crippen LogP contribution in [0, 0.1) is 0 Å². The number of piperazine rings is 1. The Labute approximate surface area is 145 Å². The van der Waals surface area contributed by atoms with Crippen LogP contribution in [0.25, 0.3) is 22.3 Å². The summed E-state index contributed by atoms with van der Waals surface area (Å²) in [6.07, 6.45) is 6.81. The first-order valence-corrected chi connectivity index (χ1v) is 8.32. The van der Waals surface area contributed by atoms with Crippen molar-refractivity contribution in [3.8, 4) is 11.3 Å². The van der Waals surface area contributed by atoms with Gasteiger partial charge >= 0.3 is 0 Å². The highest BCUT2D eigenvalue weighted by Crippen LogP contribution is 2.25. The number of carbonyl (C=O) groups excluding carboxylic acids is 1. The summed E-state index contributed by atoms with van der Waals surface area (Å²) in [4.78, 5) is 30.7. The summed E-state index contributed by atoms with van der Waals surface area (Å²) in [7, 11) is 0.